The average Bonchev–Trinajstić information content (AvgIpc) is 2.79. The summed E-state index contributed by atoms with van der Waals surface area (Å²) in [4.78, 5) is 15.3. The first-order valence-electron chi connectivity index (χ1n) is 12.0. The topological polar surface area (TPSA) is 71.0 Å². The number of hydrogen-bond donors (Lipinski definition) is 2. The van der Waals surface area contributed by atoms with Gasteiger partial charge < -0.3 is 19.9 Å². The number of amides is 1. The molecule has 3 aliphatic rings. The summed E-state index contributed by atoms with van der Waals surface area (Å²) in [7, 11) is 3.35. The zero-order valence-corrected chi connectivity index (χ0v) is 19.1. The second-order valence-electron chi connectivity index (χ2n) is 9.63. The second-order valence-corrected chi connectivity index (χ2v) is 9.63. The van der Waals surface area contributed by atoms with Crippen LogP contribution in [0.5, 0.6) is 11.5 Å². The van der Waals surface area contributed by atoms with Gasteiger partial charge in [0.05, 0.1) is 26.4 Å². The molecular weight excluding hydrogens is 392 g/mol. The Morgan fingerprint density at radius 3 is 2.61 bits per heavy atom. The largest absolute Gasteiger partial charge is 0.497 e. The van der Waals surface area contributed by atoms with Crippen LogP contribution in [0.25, 0.3) is 0 Å². The predicted molar refractivity (Wildman–Crippen MR) is 120 cm³/mol. The fourth-order valence-corrected chi connectivity index (χ4v) is 6.11. The minimum Gasteiger partial charge on any atom is -0.497 e. The number of carbonyl (C=O) groups is 1. The number of hydrogen-bond acceptors (Lipinski definition) is 5. The highest BCUT2D eigenvalue weighted by molar-refractivity contribution is 5.78. The smallest absolute Gasteiger partial charge is 0.234 e. The second kappa shape index (κ2) is 9.78. The third kappa shape index (κ3) is 4.85. The molecule has 6 nitrogen and oxygen atoms in total. The van der Waals surface area contributed by atoms with Crippen LogP contribution in [-0.2, 0) is 4.79 Å². The Kier molecular flexibility index (Phi) is 7.07. The molecule has 0 bridgehead atoms. The maximum Gasteiger partial charge on any atom is 0.234 e. The number of likely N-dealkylation sites (tertiary alicyclic amines) is 1. The molecule has 3 atom stereocenters. The van der Waals surface area contributed by atoms with Crippen LogP contribution in [0.2, 0.25) is 0 Å². The molecule has 4 rings (SSSR count). The van der Waals surface area contributed by atoms with E-state index in [1.165, 1.54) is 19.3 Å². The van der Waals surface area contributed by atoms with Gasteiger partial charge in [-0.1, -0.05) is 32.1 Å². The minimum atomic E-state index is -0.673. The lowest BCUT2D eigenvalue weighted by Crippen LogP contribution is -2.56. The summed E-state index contributed by atoms with van der Waals surface area (Å²) >= 11 is 0. The quantitative estimate of drug-likeness (QED) is 0.718. The number of piperidine rings is 1. The maximum atomic E-state index is 13.0. The molecule has 6 heteroatoms. The molecule has 2 N–H and O–H groups in total. The van der Waals surface area contributed by atoms with Crippen LogP contribution in [0.4, 0.5) is 0 Å². The lowest BCUT2D eigenvalue weighted by Gasteiger charge is -2.52. The van der Waals surface area contributed by atoms with Crippen molar-refractivity contribution in [2.75, 3.05) is 27.3 Å². The van der Waals surface area contributed by atoms with Crippen molar-refractivity contribution in [1.82, 2.24) is 10.2 Å². The van der Waals surface area contributed by atoms with Gasteiger partial charge in [-0.3, -0.25) is 9.69 Å². The van der Waals surface area contributed by atoms with E-state index in [1.807, 2.05) is 18.2 Å². The van der Waals surface area contributed by atoms with Gasteiger partial charge in [0, 0.05) is 30.1 Å². The molecule has 1 aromatic carbocycles. The standard InChI is InChI=1S/C25H38N2O4/c1-30-19-11-12-22(31-2)20(16-19)24-21-10-6-7-13-25(21,29)14-15-27(24)17-23(28)26-18-8-4-3-5-9-18/h11-12,16,18,21,24,29H,3-10,13-15,17H2,1-2H3,(H,26,28)/t21-,24+,25+/m1/s1. The molecule has 1 aromatic rings. The van der Waals surface area contributed by atoms with Crippen molar-refractivity contribution < 1.29 is 19.4 Å². The fraction of sp³-hybridized carbons (Fsp3) is 0.720. The molecule has 0 spiro atoms. The maximum absolute atomic E-state index is 13.0. The number of rotatable bonds is 6. The van der Waals surface area contributed by atoms with E-state index in [1.54, 1.807) is 14.2 Å². The minimum absolute atomic E-state index is 0.0683. The van der Waals surface area contributed by atoms with E-state index in [0.29, 0.717) is 19.1 Å². The van der Waals surface area contributed by atoms with Crippen LogP contribution in [-0.4, -0.2) is 54.9 Å². The highest BCUT2D eigenvalue weighted by atomic mass is 16.5. The molecule has 1 heterocycles. The molecule has 2 aliphatic carbocycles. The Balaban J connectivity index is 1.61. The zero-order valence-electron chi connectivity index (χ0n) is 19.1. The first-order chi connectivity index (χ1) is 15.0. The van der Waals surface area contributed by atoms with Crippen molar-refractivity contribution in [3.8, 4) is 11.5 Å². The molecular formula is C25H38N2O4. The summed E-state index contributed by atoms with van der Waals surface area (Å²) in [5.41, 5.74) is 0.338. The summed E-state index contributed by atoms with van der Waals surface area (Å²) in [6, 6.07) is 6.10. The summed E-state index contributed by atoms with van der Waals surface area (Å²) in [6.07, 6.45) is 10.5. The van der Waals surface area contributed by atoms with Crippen molar-refractivity contribution in [3.05, 3.63) is 23.8 Å². The van der Waals surface area contributed by atoms with E-state index in [4.69, 9.17) is 9.47 Å². The summed E-state index contributed by atoms with van der Waals surface area (Å²) in [6.45, 7) is 1.06. The Labute approximate surface area is 186 Å². The SMILES string of the molecule is COc1ccc(OC)c([C@H]2[C@H]3CCCC[C@]3(O)CCN2CC(=O)NC2CCCCC2)c1. The molecule has 0 radical (unpaired) electrons. The molecule has 0 aromatic heterocycles. The number of aliphatic hydroxyl groups is 1. The number of methoxy groups -OCH3 is 2. The molecule has 31 heavy (non-hydrogen) atoms. The van der Waals surface area contributed by atoms with Gasteiger partial charge in [-0.2, -0.15) is 0 Å². The average molecular weight is 431 g/mol. The van der Waals surface area contributed by atoms with Crippen molar-refractivity contribution in [3.63, 3.8) is 0 Å². The van der Waals surface area contributed by atoms with Crippen LogP contribution >= 0.6 is 0 Å². The van der Waals surface area contributed by atoms with Crippen LogP contribution < -0.4 is 14.8 Å². The van der Waals surface area contributed by atoms with E-state index in [0.717, 1.165) is 62.0 Å². The van der Waals surface area contributed by atoms with Gasteiger partial charge in [-0.15, -0.1) is 0 Å². The van der Waals surface area contributed by atoms with E-state index in [-0.39, 0.29) is 17.9 Å². The van der Waals surface area contributed by atoms with Gasteiger partial charge in [0.15, 0.2) is 0 Å². The third-order valence-corrected chi connectivity index (χ3v) is 7.74. The lowest BCUT2D eigenvalue weighted by atomic mass is 9.66. The van der Waals surface area contributed by atoms with Crippen LogP contribution in [0.15, 0.2) is 18.2 Å². The van der Waals surface area contributed by atoms with Crippen LogP contribution in [0.1, 0.15) is 75.8 Å². The van der Waals surface area contributed by atoms with Crippen molar-refractivity contribution in [2.24, 2.45) is 5.92 Å². The predicted octanol–water partition coefficient (Wildman–Crippen LogP) is 3.82. The van der Waals surface area contributed by atoms with Gasteiger partial charge in [0.25, 0.3) is 0 Å². The van der Waals surface area contributed by atoms with Crippen molar-refractivity contribution >= 4 is 5.91 Å². The van der Waals surface area contributed by atoms with E-state index in [9.17, 15) is 9.90 Å². The van der Waals surface area contributed by atoms with Gasteiger partial charge in [0.2, 0.25) is 5.91 Å². The fourth-order valence-electron chi connectivity index (χ4n) is 6.11. The van der Waals surface area contributed by atoms with Crippen LogP contribution in [0, 0.1) is 5.92 Å². The van der Waals surface area contributed by atoms with E-state index >= 15 is 0 Å². The number of nitrogens with one attached hydrogen (secondary N) is 1. The van der Waals surface area contributed by atoms with Gasteiger partial charge in [-0.05, 0) is 50.3 Å². The number of carbonyl (C=O) groups excluding carboxylic acids is 1. The first kappa shape index (κ1) is 22.4. The van der Waals surface area contributed by atoms with E-state index in [2.05, 4.69) is 10.2 Å². The highest BCUT2D eigenvalue weighted by Gasteiger charge is 2.50. The molecule has 0 unspecified atom stereocenters. The van der Waals surface area contributed by atoms with E-state index < -0.39 is 5.60 Å². The molecule has 1 amide bonds. The van der Waals surface area contributed by atoms with Crippen molar-refractivity contribution in [1.29, 1.82) is 0 Å². The molecule has 2 saturated carbocycles. The monoisotopic (exact) mass is 430 g/mol. The Hall–Kier alpha value is -1.79. The normalized spacial score (nSPS) is 29.8. The highest BCUT2D eigenvalue weighted by Crippen LogP contribution is 2.51. The Bertz CT molecular complexity index is 764. The summed E-state index contributed by atoms with van der Waals surface area (Å²) in [5.74, 6) is 1.74. The summed E-state index contributed by atoms with van der Waals surface area (Å²) in [5, 5.41) is 14.8. The van der Waals surface area contributed by atoms with Gasteiger partial charge in [-0.25, -0.2) is 0 Å². The number of fused-ring (bicyclic) bond motifs is 1. The lowest BCUT2D eigenvalue weighted by molar-refractivity contribution is -0.138. The van der Waals surface area contributed by atoms with Gasteiger partial charge in [0.1, 0.15) is 11.5 Å². The third-order valence-electron chi connectivity index (χ3n) is 7.74. The first-order valence-corrected chi connectivity index (χ1v) is 12.0. The van der Waals surface area contributed by atoms with Gasteiger partial charge >= 0.3 is 0 Å². The zero-order chi connectivity index (χ0) is 21.8. The number of ether oxygens (including phenoxy) is 2. The number of benzene rings is 1. The van der Waals surface area contributed by atoms with Crippen molar-refractivity contribution in [2.45, 2.75) is 81.9 Å². The molecule has 172 valence electrons. The molecule has 1 aliphatic heterocycles. The Morgan fingerprint density at radius 1 is 1.10 bits per heavy atom. The molecule has 3 fully saturated rings. The summed E-state index contributed by atoms with van der Waals surface area (Å²) < 4.78 is 11.2. The molecule has 1 saturated heterocycles. The Morgan fingerprint density at radius 2 is 1.87 bits per heavy atom. The number of nitrogens with zero attached hydrogens (tertiary/aromatic N) is 1. The van der Waals surface area contributed by atoms with Crippen LogP contribution in [0.3, 0.4) is 0 Å².